The zero-order valence-corrected chi connectivity index (χ0v) is 22.8. The molecule has 1 N–H and O–H groups in total. The van der Waals surface area contributed by atoms with Crippen LogP contribution < -0.4 is 9.04 Å². The van der Waals surface area contributed by atoms with Crippen molar-refractivity contribution in [3.8, 4) is 5.19 Å². The summed E-state index contributed by atoms with van der Waals surface area (Å²) < 4.78 is 37.9. The van der Waals surface area contributed by atoms with E-state index in [4.69, 9.17) is 9.47 Å². The Balaban J connectivity index is 0.00000204. The summed E-state index contributed by atoms with van der Waals surface area (Å²) in [4.78, 5) is 4.55. The van der Waals surface area contributed by atoms with Gasteiger partial charge in [0.1, 0.15) is 16.4 Å². The van der Waals surface area contributed by atoms with Crippen molar-refractivity contribution >= 4 is 37.8 Å². The molecule has 0 aliphatic carbocycles. The van der Waals surface area contributed by atoms with Crippen LogP contribution in [0.3, 0.4) is 0 Å². The van der Waals surface area contributed by atoms with E-state index < -0.39 is 10.0 Å². The van der Waals surface area contributed by atoms with Gasteiger partial charge in [-0.3, -0.25) is 0 Å². The number of hydrogen-bond acceptors (Lipinski definition) is 7. The topological polar surface area (TPSA) is 89.0 Å². The van der Waals surface area contributed by atoms with Gasteiger partial charge >= 0.3 is 0 Å². The summed E-state index contributed by atoms with van der Waals surface area (Å²) in [5, 5.41) is 11.1. The van der Waals surface area contributed by atoms with Crippen molar-refractivity contribution < 1.29 is 55.7 Å². The van der Waals surface area contributed by atoms with Crippen molar-refractivity contribution in [1.29, 1.82) is 0 Å². The third kappa shape index (κ3) is 5.62. The fourth-order valence-electron chi connectivity index (χ4n) is 2.75. The molecule has 7 nitrogen and oxygen atoms in total. The molecular weight excluding hydrogens is 501 g/mol. The van der Waals surface area contributed by atoms with Gasteiger partial charge in [0.25, 0.3) is 15.2 Å². The van der Waals surface area contributed by atoms with Gasteiger partial charge in [-0.15, -0.1) is 0 Å². The van der Waals surface area contributed by atoms with Crippen LogP contribution in [0.1, 0.15) is 36.8 Å². The number of methoxy groups -OCH3 is 1. The molecule has 0 atom stereocenters. The molecule has 2 aromatic rings. The maximum atomic E-state index is 13.2. The number of benzene rings is 1. The molecule has 1 aromatic carbocycles. The summed E-state index contributed by atoms with van der Waals surface area (Å²) in [5.41, 5.74) is 1.24. The predicted octanol–water partition coefficient (Wildman–Crippen LogP) is 4.50. The number of rotatable bonds is 6. The molecule has 1 aliphatic heterocycles. The molecule has 0 bridgehead atoms. The number of thiazole rings is 1. The number of aliphatic hydroxyl groups excluding tert-OH is 1. The average Bonchev–Trinajstić information content (AvgIpc) is 3.09. The molecule has 2 heterocycles. The number of aryl methyl sites for hydroxylation is 1. The van der Waals surface area contributed by atoms with Crippen LogP contribution in [-0.2, 0) is 47.5 Å². The van der Waals surface area contributed by atoms with Gasteiger partial charge in [-0.25, -0.2) is 12.7 Å². The van der Waals surface area contributed by atoms with Crippen molar-refractivity contribution in [3.63, 3.8) is 0 Å². The maximum absolute atomic E-state index is 13.2. The first-order valence-corrected chi connectivity index (χ1v) is 11.3. The van der Waals surface area contributed by atoms with Crippen LogP contribution in [0, 0.1) is 14.4 Å². The second kappa shape index (κ2) is 12.8. The molecule has 30 heavy (non-hydrogen) atoms. The quantitative estimate of drug-likeness (QED) is 0.437. The molecule has 3 rings (SSSR count). The first-order valence-electron chi connectivity index (χ1n) is 9.06. The predicted molar refractivity (Wildman–Crippen MR) is 120 cm³/mol. The Labute approximate surface area is 209 Å². The Morgan fingerprint density at radius 3 is 2.40 bits per heavy atom. The molecule has 0 spiro atoms. The maximum Gasteiger partial charge on any atom is 0.276 e. The van der Waals surface area contributed by atoms with Crippen molar-refractivity contribution in [3.05, 3.63) is 47.7 Å². The SMILES string of the molecule is CC.CCN1c2nc(OCCOC)sc2C(O)=C(c2ccccc2C)S1(=O)=O.[CH3-].[Y]. The molecule has 165 valence electrons. The number of nitrogens with zero attached hydrogens (tertiary/aromatic N) is 2. The normalized spacial score (nSPS) is 14.0. The van der Waals surface area contributed by atoms with Gasteiger partial charge in [0, 0.05) is 51.9 Å². The van der Waals surface area contributed by atoms with E-state index in [-0.39, 0.29) is 69.8 Å². The number of anilines is 1. The van der Waals surface area contributed by atoms with Crippen molar-refractivity contribution in [1.82, 2.24) is 4.98 Å². The molecular formula is C20H29N2O5S2Y-. The van der Waals surface area contributed by atoms with Gasteiger partial charge in [-0.1, -0.05) is 49.4 Å². The molecule has 1 aliphatic rings. The third-order valence-electron chi connectivity index (χ3n) is 3.99. The Bertz CT molecular complexity index is 958. The molecule has 0 saturated carbocycles. The zero-order chi connectivity index (χ0) is 20.9. The van der Waals surface area contributed by atoms with Gasteiger partial charge < -0.3 is 22.0 Å². The van der Waals surface area contributed by atoms with Crippen molar-refractivity contribution in [2.45, 2.75) is 27.7 Å². The van der Waals surface area contributed by atoms with Gasteiger partial charge in [-0.05, 0) is 19.4 Å². The Hall–Kier alpha value is -0.996. The third-order valence-corrected chi connectivity index (χ3v) is 6.90. The van der Waals surface area contributed by atoms with E-state index in [0.29, 0.717) is 22.2 Å². The van der Waals surface area contributed by atoms with Gasteiger partial charge in [0.2, 0.25) is 0 Å². The summed E-state index contributed by atoms with van der Waals surface area (Å²) in [6.45, 7) is 8.40. The standard InChI is InChI=1S/C17H20N2O5S2.C2H6.CH3.Y/c1-4-19-16-14(25-17(18-16)24-10-9-23-3)13(20)15(26(19,21)22)12-8-6-5-7-11(12)2;1-2;;/h5-8,20H,4,9-10H2,1-3H3;1-2H3;1H3;/q;;-1;. The van der Waals surface area contributed by atoms with E-state index in [0.717, 1.165) is 16.9 Å². The minimum absolute atomic E-state index is 0. The van der Waals surface area contributed by atoms with E-state index in [9.17, 15) is 13.5 Å². The summed E-state index contributed by atoms with van der Waals surface area (Å²) in [5.74, 6) is -0.0992. The fourth-order valence-corrected chi connectivity index (χ4v) is 5.54. The average molecular weight is 531 g/mol. The second-order valence-electron chi connectivity index (χ2n) is 5.64. The van der Waals surface area contributed by atoms with Crippen LogP contribution in [-0.4, -0.2) is 45.4 Å². The van der Waals surface area contributed by atoms with Gasteiger partial charge in [0.05, 0.1) is 6.61 Å². The Morgan fingerprint density at radius 2 is 1.83 bits per heavy atom. The number of hydrogen-bond donors (Lipinski definition) is 1. The first-order chi connectivity index (χ1) is 13.4. The summed E-state index contributed by atoms with van der Waals surface area (Å²) in [6.07, 6.45) is 0. The molecule has 0 fully saturated rings. The molecule has 0 saturated heterocycles. The summed E-state index contributed by atoms with van der Waals surface area (Å²) >= 11 is 1.12. The molecule has 1 aromatic heterocycles. The monoisotopic (exact) mass is 530 g/mol. The summed E-state index contributed by atoms with van der Waals surface area (Å²) in [7, 11) is -2.38. The fraction of sp³-hybridized carbons (Fsp3) is 0.400. The minimum atomic E-state index is -3.94. The number of sulfonamides is 1. The van der Waals surface area contributed by atoms with Gasteiger partial charge in [-0.2, -0.15) is 4.98 Å². The van der Waals surface area contributed by atoms with Crippen LogP contribution >= 0.6 is 11.3 Å². The van der Waals surface area contributed by atoms with E-state index >= 15 is 0 Å². The van der Waals surface area contributed by atoms with Crippen LogP contribution in [0.5, 0.6) is 5.19 Å². The Kier molecular flexibility index (Phi) is 12.3. The zero-order valence-electron chi connectivity index (χ0n) is 18.3. The number of fused-ring (bicyclic) bond motifs is 1. The second-order valence-corrected chi connectivity index (χ2v) is 8.40. The smallest absolute Gasteiger partial charge is 0.276 e. The molecule has 10 heteroatoms. The van der Waals surface area contributed by atoms with E-state index in [2.05, 4.69) is 4.98 Å². The Morgan fingerprint density at radius 1 is 1.20 bits per heavy atom. The van der Waals surface area contributed by atoms with Gasteiger partial charge in [0.15, 0.2) is 11.6 Å². The van der Waals surface area contributed by atoms with Crippen LogP contribution in [0.2, 0.25) is 0 Å². The number of aliphatic hydroxyl groups is 1. The van der Waals surface area contributed by atoms with E-state index in [1.54, 1.807) is 26.2 Å². The molecule has 0 amide bonds. The van der Waals surface area contributed by atoms with Crippen LogP contribution in [0.15, 0.2) is 24.3 Å². The minimum Gasteiger partial charge on any atom is -0.505 e. The van der Waals surface area contributed by atoms with Crippen molar-refractivity contribution in [2.75, 3.05) is 31.2 Å². The van der Waals surface area contributed by atoms with Crippen LogP contribution in [0.4, 0.5) is 5.82 Å². The molecule has 1 radical (unpaired) electrons. The number of ether oxygens (including phenoxy) is 2. The summed E-state index contributed by atoms with van der Waals surface area (Å²) in [6, 6.07) is 7.07. The molecule has 0 unspecified atom stereocenters. The van der Waals surface area contributed by atoms with Crippen LogP contribution in [0.25, 0.3) is 10.7 Å². The van der Waals surface area contributed by atoms with E-state index in [1.165, 1.54) is 4.31 Å². The largest absolute Gasteiger partial charge is 0.505 e. The van der Waals surface area contributed by atoms with E-state index in [1.807, 2.05) is 32.9 Å². The first kappa shape index (κ1) is 29.0. The number of aromatic nitrogens is 1. The van der Waals surface area contributed by atoms with Crippen molar-refractivity contribution in [2.24, 2.45) is 0 Å².